The first-order valence-electron chi connectivity index (χ1n) is 12.5. The highest BCUT2D eigenvalue weighted by Gasteiger charge is 2.68. The zero-order valence-corrected chi connectivity index (χ0v) is 20.3. The molecule has 0 radical (unpaired) electrons. The van der Waals surface area contributed by atoms with E-state index in [1.165, 1.54) is 38.4 Å². The summed E-state index contributed by atoms with van der Waals surface area (Å²) in [6.45, 7) is 8.37. The zero-order valence-electron chi connectivity index (χ0n) is 20.3. The first-order valence-corrected chi connectivity index (χ1v) is 12.5. The Kier molecular flexibility index (Phi) is 9.01. The lowest BCUT2D eigenvalue weighted by Crippen LogP contribution is -2.44. The molecule has 2 heterocycles. The monoisotopic (exact) mass is 436 g/mol. The number of methoxy groups -OCH3 is 1. The Hall–Kier alpha value is -0.910. The van der Waals surface area contributed by atoms with E-state index in [0.717, 1.165) is 58.2 Å². The second-order valence-corrected chi connectivity index (χ2v) is 10.3. The maximum Gasteiger partial charge on any atom is 0.305 e. The number of allylic oxidation sites excluding steroid dienone is 1. The molecule has 5 heteroatoms. The molecular weight excluding hydrogens is 392 g/mol. The largest absolute Gasteiger partial charge is 0.469 e. The normalized spacial score (nSPS) is 33.9. The Balaban J connectivity index is 1.27. The summed E-state index contributed by atoms with van der Waals surface area (Å²) in [4.78, 5) is 11.1. The van der Waals surface area contributed by atoms with Crippen molar-refractivity contribution in [1.82, 2.24) is 0 Å². The fourth-order valence-corrected chi connectivity index (χ4v) is 5.33. The van der Waals surface area contributed by atoms with Crippen molar-refractivity contribution in [2.24, 2.45) is 5.92 Å². The molecule has 31 heavy (non-hydrogen) atoms. The molecule has 2 aliphatic heterocycles. The molecule has 1 aliphatic carbocycles. The first-order chi connectivity index (χ1) is 14.9. The third-order valence-electron chi connectivity index (χ3n) is 7.56. The van der Waals surface area contributed by atoms with E-state index in [2.05, 4.69) is 31.6 Å². The molecule has 5 atom stereocenters. The number of hydrogen-bond acceptors (Lipinski definition) is 5. The molecule has 5 nitrogen and oxygen atoms in total. The Morgan fingerprint density at radius 1 is 1.10 bits per heavy atom. The summed E-state index contributed by atoms with van der Waals surface area (Å²) in [5.74, 6) is 0.367. The van der Waals surface area contributed by atoms with Crippen LogP contribution in [0.1, 0.15) is 97.8 Å². The minimum atomic E-state index is -0.0908. The number of unbranched alkanes of at least 4 members (excludes halogenated alkanes) is 6. The van der Waals surface area contributed by atoms with Crippen LogP contribution in [0.3, 0.4) is 0 Å². The summed E-state index contributed by atoms with van der Waals surface area (Å²) in [6.07, 6.45) is 16.0. The average molecular weight is 437 g/mol. The van der Waals surface area contributed by atoms with Crippen LogP contribution >= 0.6 is 0 Å². The highest BCUT2D eigenvalue weighted by Crippen LogP contribution is 2.59. The molecule has 0 N–H and O–H groups in total. The van der Waals surface area contributed by atoms with Crippen molar-refractivity contribution >= 4 is 5.97 Å². The SMILES string of the molecule is COC(=O)CCCCCCCCCOC1CCC2(CO2)C(C2(C)OC2CC=C(C)C)C1. The van der Waals surface area contributed by atoms with E-state index >= 15 is 0 Å². The van der Waals surface area contributed by atoms with Crippen molar-refractivity contribution in [3.8, 4) is 0 Å². The van der Waals surface area contributed by atoms with Crippen LogP contribution in [-0.4, -0.2) is 49.7 Å². The fraction of sp³-hybridized carbons (Fsp3) is 0.885. The quantitative estimate of drug-likeness (QED) is 0.150. The molecule has 5 unspecified atom stereocenters. The fourth-order valence-electron chi connectivity index (χ4n) is 5.33. The number of carbonyl (C=O) groups is 1. The maximum absolute atomic E-state index is 11.1. The number of esters is 1. The van der Waals surface area contributed by atoms with E-state index in [9.17, 15) is 4.79 Å². The van der Waals surface area contributed by atoms with Gasteiger partial charge in [0.1, 0.15) is 0 Å². The summed E-state index contributed by atoms with van der Waals surface area (Å²) in [5, 5.41) is 0. The van der Waals surface area contributed by atoms with Gasteiger partial charge in [0, 0.05) is 18.9 Å². The molecule has 0 aromatic carbocycles. The van der Waals surface area contributed by atoms with Crippen molar-refractivity contribution in [3.63, 3.8) is 0 Å². The van der Waals surface area contributed by atoms with Gasteiger partial charge in [0.05, 0.1) is 37.1 Å². The van der Waals surface area contributed by atoms with Crippen LogP contribution < -0.4 is 0 Å². The second kappa shape index (κ2) is 11.3. The van der Waals surface area contributed by atoms with Crippen LogP contribution in [0.2, 0.25) is 0 Å². The van der Waals surface area contributed by atoms with Crippen molar-refractivity contribution in [2.45, 2.75) is 121 Å². The summed E-state index contributed by atoms with van der Waals surface area (Å²) >= 11 is 0. The van der Waals surface area contributed by atoms with E-state index in [0.29, 0.717) is 24.5 Å². The zero-order chi connectivity index (χ0) is 22.3. The van der Waals surface area contributed by atoms with E-state index in [1.54, 1.807) is 0 Å². The average Bonchev–Trinajstić information content (AvgIpc) is 3.66. The van der Waals surface area contributed by atoms with Gasteiger partial charge in [-0.2, -0.15) is 0 Å². The smallest absolute Gasteiger partial charge is 0.305 e. The Morgan fingerprint density at radius 2 is 1.77 bits per heavy atom. The highest BCUT2D eigenvalue weighted by molar-refractivity contribution is 5.68. The van der Waals surface area contributed by atoms with Crippen LogP contribution in [0, 0.1) is 5.92 Å². The van der Waals surface area contributed by atoms with Gasteiger partial charge in [0.25, 0.3) is 0 Å². The van der Waals surface area contributed by atoms with Gasteiger partial charge in [0.15, 0.2) is 0 Å². The lowest BCUT2D eigenvalue weighted by Gasteiger charge is -2.37. The van der Waals surface area contributed by atoms with Gasteiger partial charge in [-0.25, -0.2) is 0 Å². The molecule has 2 saturated heterocycles. The van der Waals surface area contributed by atoms with E-state index in [-0.39, 0.29) is 17.2 Å². The number of hydrogen-bond donors (Lipinski definition) is 0. The van der Waals surface area contributed by atoms with Gasteiger partial charge in [-0.1, -0.05) is 43.8 Å². The molecule has 0 aromatic heterocycles. The number of ether oxygens (including phenoxy) is 4. The maximum atomic E-state index is 11.1. The van der Waals surface area contributed by atoms with Gasteiger partial charge in [-0.15, -0.1) is 0 Å². The van der Waals surface area contributed by atoms with Gasteiger partial charge < -0.3 is 18.9 Å². The van der Waals surface area contributed by atoms with E-state index in [4.69, 9.17) is 14.2 Å². The van der Waals surface area contributed by atoms with Gasteiger partial charge >= 0.3 is 5.97 Å². The van der Waals surface area contributed by atoms with Crippen LogP contribution in [0.5, 0.6) is 0 Å². The van der Waals surface area contributed by atoms with E-state index < -0.39 is 0 Å². The van der Waals surface area contributed by atoms with Crippen LogP contribution in [0.15, 0.2) is 11.6 Å². The van der Waals surface area contributed by atoms with Gasteiger partial charge in [-0.05, 0) is 59.3 Å². The first kappa shape index (κ1) is 24.7. The molecule has 3 rings (SSSR count). The molecule has 1 saturated carbocycles. The molecule has 0 bridgehead atoms. The van der Waals surface area contributed by atoms with Crippen molar-refractivity contribution < 1.29 is 23.7 Å². The topological polar surface area (TPSA) is 60.6 Å². The van der Waals surface area contributed by atoms with Crippen molar-refractivity contribution in [1.29, 1.82) is 0 Å². The van der Waals surface area contributed by atoms with Crippen molar-refractivity contribution in [2.75, 3.05) is 20.3 Å². The molecule has 0 aromatic rings. The Morgan fingerprint density at radius 3 is 2.42 bits per heavy atom. The molecular formula is C26H44O5. The second-order valence-electron chi connectivity index (χ2n) is 10.3. The molecule has 1 spiro atoms. The number of carbonyl (C=O) groups excluding carboxylic acids is 1. The summed E-state index contributed by atoms with van der Waals surface area (Å²) in [7, 11) is 1.46. The number of epoxide rings is 2. The minimum absolute atomic E-state index is 0.0433. The van der Waals surface area contributed by atoms with Crippen LogP contribution in [0.4, 0.5) is 0 Å². The summed E-state index contributed by atoms with van der Waals surface area (Å²) in [6, 6.07) is 0. The van der Waals surface area contributed by atoms with Gasteiger partial charge in [-0.3, -0.25) is 4.79 Å². The Labute approximate surface area is 189 Å². The van der Waals surface area contributed by atoms with Crippen LogP contribution in [-0.2, 0) is 23.7 Å². The lowest BCUT2D eigenvalue weighted by molar-refractivity contribution is -0.140. The van der Waals surface area contributed by atoms with Gasteiger partial charge in [0.2, 0.25) is 0 Å². The summed E-state index contributed by atoms with van der Waals surface area (Å²) < 4.78 is 23.2. The highest BCUT2D eigenvalue weighted by atomic mass is 16.6. The molecule has 3 fully saturated rings. The third-order valence-corrected chi connectivity index (χ3v) is 7.56. The lowest BCUT2D eigenvalue weighted by atomic mass is 9.70. The van der Waals surface area contributed by atoms with Crippen LogP contribution in [0.25, 0.3) is 0 Å². The molecule has 3 aliphatic rings. The van der Waals surface area contributed by atoms with Crippen molar-refractivity contribution in [3.05, 3.63) is 11.6 Å². The summed E-state index contributed by atoms with van der Waals surface area (Å²) in [5.41, 5.74) is 1.39. The number of rotatable bonds is 14. The molecule has 178 valence electrons. The Bertz CT molecular complexity index is 607. The predicted octanol–water partition coefficient (Wildman–Crippen LogP) is 5.75. The standard InChI is InChI=1S/C26H44O5/c1-20(2)13-14-23-25(3,31-23)22-18-21(15-16-26(22)19-30-26)29-17-11-9-7-5-6-8-10-12-24(27)28-4/h13,21-23H,5-12,14-19H2,1-4H3. The third kappa shape index (κ3) is 7.03. The molecule has 0 amide bonds. The minimum Gasteiger partial charge on any atom is -0.469 e. The predicted molar refractivity (Wildman–Crippen MR) is 122 cm³/mol. The van der Waals surface area contributed by atoms with E-state index in [1.807, 2.05) is 0 Å².